The summed E-state index contributed by atoms with van der Waals surface area (Å²) in [6.45, 7) is 0. The van der Waals surface area contributed by atoms with Gasteiger partial charge in [-0.2, -0.15) is 0 Å². The number of aliphatic hydroxyl groups is 1. The Morgan fingerprint density at radius 2 is 1.77 bits per heavy atom. The van der Waals surface area contributed by atoms with E-state index >= 15 is 0 Å². The van der Waals surface area contributed by atoms with Gasteiger partial charge in [-0.05, 0) is 35.9 Å². The fourth-order valence-electron chi connectivity index (χ4n) is 3.26. The Morgan fingerprint density at radius 3 is 2.43 bits per heavy atom. The van der Waals surface area contributed by atoms with Crippen LogP contribution in [0.2, 0.25) is 5.02 Å². The van der Waals surface area contributed by atoms with E-state index in [1.807, 2.05) is 18.2 Å². The van der Waals surface area contributed by atoms with E-state index < -0.39 is 4.92 Å². The first-order valence-electron chi connectivity index (χ1n) is 8.93. The summed E-state index contributed by atoms with van der Waals surface area (Å²) in [5.74, 6) is -0.120. The van der Waals surface area contributed by atoms with E-state index in [4.69, 9.17) is 11.6 Å². The molecule has 0 fully saturated rings. The molecule has 0 saturated heterocycles. The predicted octanol–water partition coefficient (Wildman–Crippen LogP) is 7.28. The molecule has 0 aliphatic rings. The van der Waals surface area contributed by atoms with Crippen LogP contribution in [0.1, 0.15) is 11.3 Å². The van der Waals surface area contributed by atoms with E-state index in [1.54, 1.807) is 54.6 Å². The summed E-state index contributed by atoms with van der Waals surface area (Å²) in [5.41, 5.74) is 2.00. The highest BCUT2D eigenvalue weighted by atomic mass is 79.9. The van der Waals surface area contributed by atoms with Crippen LogP contribution >= 0.6 is 27.5 Å². The number of benzene rings is 3. The molecule has 0 radical (unpaired) electrons. The molecule has 3 aromatic carbocycles. The highest BCUT2D eigenvalue weighted by molar-refractivity contribution is 9.10. The van der Waals surface area contributed by atoms with Crippen molar-refractivity contribution in [3.05, 3.63) is 104 Å². The molecule has 4 rings (SSSR count). The number of aliphatic hydroxyl groups excluding tert-OH is 1. The van der Waals surface area contributed by atoms with E-state index in [0.29, 0.717) is 32.6 Å². The number of aromatic nitrogens is 1. The fraction of sp³-hybridized carbons (Fsp3) is 0. The lowest BCUT2D eigenvalue weighted by atomic mass is 9.97. The first-order chi connectivity index (χ1) is 14.4. The average molecular weight is 482 g/mol. The molecular formula is C23H14BrClN2O3. The molecule has 7 heteroatoms. The van der Waals surface area contributed by atoms with Crippen LogP contribution in [0.25, 0.3) is 33.9 Å². The van der Waals surface area contributed by atoms with Gasteiger partial charge in [0.1, 0.15) is 11.5 Å². The van der Waals surface area contributed by atoms with Crippen molar-refractivity contribution in [2.45, 2.75) is 0 Å². The van der Waals surface area contributed by atoms with Gasteiger partial charge in [-0.25, -0.2) is 4.98 Å². The lowest BCUT2D eigenvalue weighted by Gasteiger charge is -2.11. The van der Waals surface area contributed by atoms with E-state index in [9.17, 15) is 15.2 Å². The van der Waals surface area contributed by atoms with Gasteiger partial charge in [0.25, 0.3) is 0 Å². The maximum atomic E-state index is 12.1. The number of nitro groups is 1. The van der Waals surface area contributed by atoms with Gasteiger partial charge in [0.15, 0.2) is 0 Å². The Labute approximate surface area is 185 Å². The standard InChI is InChI=1S/C23H14BrClN2O3/c24-16-8-6-14(7-9-16)21(28)13-20-23(27(29)30)22(15-4-2-1-3-5-15)18-12-17(25)10-11-19(18)26-20/h1-13,28H/b21-13-. The number of nitrogens with zero attached hydrogens (tertiary/aromatic N) is 2. The minimum atomic E-state index is -0.476. The predicted molar refractivity (Wildman–Crippen MR) is 123 cm³/mol. The summed E-state index contributed by atoms with van der Waals surface area (Å²) >= 11 is 9.52. The van der Waals surface area contributed by atoms with Gasteiger partial charge in [-0.1, -0.05) is 70.0 Å². The first kappa shape index (κ1) is 20.1. The second-order valence-electron chi connectivity index (χ2n) is 6.54. The molecule has 0 atom stereocenters. The molecule has 0 aliphatic carbocycles. The molecule has 0 saturated carbocycles. The van der Waals surface area contributed by atoms with Crippen LogP contribution in [0.15, 0.2) is 77.3 Å². The molecule has 1 heterocycles. The summed E-state index contributed by atoms with van der Waals surface area (Å²) in [6, 6.07) is 21.1. The molecule has 0 unspecified atom stereocenters. The quantitative estimate of drug-likeness (QED) is 0.189. The van der Waals surface area contributed by atoms with Crippen molar-refractivity contribution < 1.29 is 10.0 Å². The van der Waals surface area contributed by atoms with Crippen molar-refractivity contribution in [1.82, 2.24) is 4.98 Å². The third kappa shape index (κ3) is 3.92. The molecule has 1 N–H and O–H groups in total. The van der Waals surface area contributed by atoms with Crippen LogP contribution in [0.5, 0.6) is 0 Å². The monoisotopic (exact) mass is 480 g/mol. The van der Waals surface area contributed by atoms with Crippen molar-refractivity contribution in [3.8, 4) is 11.1 Å². The van der Waals surface area contributed by atoms with Crippen LogP contribution in [-0.2, 0) is 0 Å². The van der Waals surface area contributed by atoms with Crippen molar-refractivity contribution >= 4 is 56.0 Å². The molecule has 5 nitrogen and oxygen atoms in total. The van der Waals surface area contributed by atoms with Gasteiger partial charge in [-0.3, -0.25) is 10.1 Å². The highest BCUT2D eigenvalue weighted by Gasteiger charge is 2.25. The van der Waals surface area contributed by atoms with E-state index in [2.05, 4.69) is 20.9 Å². The van der Waals surface area contributed by atoms with Gasteiger partial charge in [0.2, 0.25) is 0 Å². The van der Waals surface area contributed by atoms with Gasteiger partial charge in [-0.15, -0.1) is 0 Å². The summed E-state index contributed by atoms with van der Waals surface area (Å²) in [4.78, 5) is 16.1. The summed E-state index contributed by atoms with van der Waals surface area (Å²) < 4.78 is 0.858. The second-order valence-corrected chi connectivity index (χ2v) is 7.89. The summed E-state index contributed by atoms with van der Waals surface area (Å²) in [6.07, 6.45) is 1.32. The topological polar surface area (TPSA) is 76.3 Å². The number of hydrogen-bond acceptors (Lipinski definition) is 4. The van der Waals surface area contributed by atoms with Gasteiger partial charge in [0.05, 0.1) is 16.0 Å². The number of fused-ring (bicyclic) bond motifs is 1. The van der Waals surface area contributed by atoms with Gasteiger partial charge < -0.3 is 5.11 Å². The van der Waals surface area contributed by atoms with Crippen LogP contribution in [-0.4, -0.2) is 15.0 Å². The molecule has 1 aromatic heterocycles. The Hall–Kier alpha value is -3.22. The zero-order chi connectivity index (χ0) is 21.3. The molecular weight excluding hydrogens is 468 g/mol. The number of hydrogen-bond donors (Lipinski definition) is 1. The molecule has 4 aromatic rings. The summed E-state index contributed by atoms with van der Waals surface area (Å²) in [7, 11) is 0. The Balaban J connectivity index is 2.04. The average Bonchev–Trinajstić information content (AvgIpc) is 2.74. The Bertz CT molecular complexity index is 1290. The summed E-state index contributed by atoms with van der Waals surface area (Å²) in [5, 5.41) is 23.8. The SMILES string of the molecule is O=[N+]([O-])c1c(/C=C(\O)c2ccc(Br)cc2)nc2ccc(Cl)cc2c1-c1ccccc1. The van der Waals surface area contributed by atoms with Crippen LogP contribution < -0.4 is 0 Å². The molecule has 148 valence electrons. The van der Waals surface area contributed by atoms with Crippen LogP contribution in [0, 0.1) is 10.1 Å². The normalized spacial score (nSPS) is 11.6. The number of pyridine rings is 1. The van der Waals surface area contributed by atoms with E-state index in [1.165, 1.54) is 6.08 Å². The van der Waals surface area contributed by atoms with Crippen molar-refractivity contribution in [1.29, 1.82) is 0 Å². The first-order valence-corrected chi connectivity index (χ1v) is 10.1. The lowest BCUT2D eigenvalue weighted by Crippen LogP contribution is -2.00. The zero-order valence-electron chi connectivity index (χ0n) is 15.4. The maximum absolute atomic E-state index is 12.1. The fourth-order valence-corrected chi connectivity index (χ4v) is 3.70. The highest BCUT2D eigenvalue weighted by Crippen LogP contribution is 2.40. The lowest BCUT2D eigenvalue weighted by molar-refractivity contribution is -0.384. The third-order valence-electron chi connectivity index (χ3n) is 4.61. The Kier molecular flexibility index (Phi) is 5.53. The van der Waals surface area contributed by atoms with Crippen LogP contribution in [0.4, 0.5) is 5.69 Å². The second kappa shape index (κ2) is 8.26. The molecule has 0 amide bonds. The van der Waals surface area contributed by atoms with Gasteiger partial charge >= 0.3 is 5.69 Å². The largest absolute Gasteiger partial charge is 0.507 e. The number of rotatable bonds is 4. The number of halogens is 2. The molecule has 0 bridgehead atoms. The zero-order valence-corrected chi connectivity index (χ0v) is 17.8. The van der Waals surface area contributed by atoms with Crippen molar-refractivity contribution in [2.24, 2.45) is 0 Å². The van der Waals surface area contributed by atoms with Gasteiger partial charge in [0, 0.05) is 26.5 Å². The minimum absolute atomic E-state index is 0.0640. The molecule has 0 spiro atoms. The molecule has 30 heavy (non-hydrogen) atoms. The maximum Gasteiger partial charge on any atom is 0.303 e. The third-order valence-corrected chi connectivity index (χ3v) is 5.37. The molecule has 0 aliphatic heterocycles. The minimum Gasteiger partial charge on any atom is -0.507 e. The van der Waals surface area contributed by atoms with Crippen LogP contribution in [0.3, 0.4) is 0 Å². The smallest absolute Gasteiger partial charge is 0.303 e. The van der Waals surface area contributed by atoms with E-state index in [-0.39, 0.29) is 17.1 Å². The van der Waals surface area contributed by atoms with E-state index in [0.717, 1.165) is 4.47 Å². The Morgan fingerprint density at radius 1 is 1.07 bits per heavy atom. The van der Waals surface area contributed by atoms with Crippen molar-refractivity contribution in [2.75, 3.05) is 0 Å². The van der Waals surface area contributed by atoms with Crippen molar-refractivity contribution in [3.63, 3.8) is 0 Å².